The average molecular weight is 195 g/mol. The molecule has 0 aliphatic rings. The zero-order valence-electron chi connectivity index (χ0n) is 7.60. The van der Waals surface area contributed by atoms with Crippen LogP contribution < -0.4 is 5.32 Å². The number of carbonyl (C=O) groups is 1. The van der Waals surface area contributed by atoms with Crippen LogP contribution in [0.4, 0.5) is 0 Å². The zero-order chi connectivity index (χ0) is 10.4. The Morgan fingerprint density at radius 2 is 2.64 bits per heavy atom. The van der Waals surface area contributed by atoms with Crippen LogP contribution in [0.5, 0.6) is 0 Å². The molecule has 7 nitrogen and oxygen atoms in total. The van der Waals surface area contributed by atoms with Crippen LogP contribution in [0.1, 0.15) is 16.2 Å². The lowest BCUT2D eigenvalue weighted by Crippen LogP contribution is -2.26. The number of hydrogen-bond donors (Lipinski definition) is 1. The Balaban J connectivity index is 2.39. The molecule has 0 spiro atoms. The Kier molecular flexibility index (Phi) is 3.51. The van der Waals surface area contributed by atoms with E-state index in [2.05, 4.69) is 20.5 Å². The molecular weight excluding hydrogens is 186 g/mol. The summed E-state index contributed by atoms with van der Waals surface area (Å²) >= 11 is 0. The van der Waals surface area contributed by atoms with Gasteiger partial charge in [-0.05, 0) is 12.5 Å². The van der Waals surface area contributed by atoms with Gasteiger partial charge in [-0.25, -0.2) is 0 Å². The average Bonchev–Trinajstić information content (AvgIpc) is 2.59. The molecule has 74 valence electrons. The summed E-state index contributed by atoms with van der Waals surface area (Å²) in [5, 5.41) is 9.31. The topological polar surface area (TPSA) is 104 Å². The molecule has 1 N–H and O–H groups in total. The van der Waals surface area contributed by atoms with Crippen molar-refractivity contribution in [3.63, 3.8) is 0 Å². The van der Waals surface area contributed by atoms with Crippen LogP contribution in [0, 0.1) is 6.92 Å². The van der Waals surface area contributed by atoms with E-state index in [1.807, 2.05) is 0 Å². The molecule has 14 heavy (non-hydrogen) atoms. The van der Waals surface area contributed by atoms with E-state index in [0.717, 1.165) is 0 Å². The van der Waals surface area contributed by atoms with Crippen molar-refractivity contribution in [3.05, 3.63) is 28.0 Å². The number of hydrogen-bond acceptors (Lipinski definition) is 4. The van der Waals surface area contributed by atoms with Crippen LogP contribution in [-0.2, 0) is 0 Å². The van der Waals surface area contributed by atoms with Crippen LogP contribution in [0.25, 0.3) is 10.4 Å². The van der Waals surface area contributed by atoms with Crippen molar-refractivity contribution in [3.8, 4) is 0 Å². The Bertz CT molecular complexity index is 366. The Hall–Kier alpha value is -2.01. The van der Waals surface area contributed by atoms with Gasteiger partial charge in [-0.2, -0.15) is 0 Å². The van der Waals surface area contributed by atoms with Gasteiger partial charge in [0.25, 0.3) is 5.91 Å². The Morgan fingerprint density at radius 1 is 1.86 bits per heavy atom. The van der Waals surface area contributed by atoms with E-state index in [4.69, 9.17) is 10.1 Å². The third-order valence-electron chi connectivity index (χ3n) is 1.42. The Labute approximate surface area is 79.7 Å². The highest BCUT2D eigenvalue weighted by molar-refractivity contribution is 5.92. The van der Waals surface area contributed by atoms with Gasteiger partial charge >= 0.3 is 0 Å². The molecule has 0 unspecified atom stereocenters. The van der Waals surface area contributed by atoms with E-state index < -0.39 is 0 Å². The van der Waals surface area contributed by atoms with E-state index in [9.17, 15) is 4.79 Å². The summed E-state index contributed by atoms with van der Waals surface area (Å²) in [7, 11) is 0. The third-order valence-corrected chi connectivity index (χ3v) is 1.42. The highest BCUT2D eigenvalue weighted by atomic mass is 16.5. The van der Waals surface area contributed by atoms with Crippen LogP contribution >= 0.6 is 0 Å². The number of nitrogens with one attached hydrogen (secondary N) is 1. The zero-order valence-corrected chi connectivity index (χ0v) is 7.60. The molecule has 0 aromatic carbocycles. The van der Waals surface area contributed by atoms with Gasteiger partial charge < -0.3 is 9.84 Å². The van der Waals surface area contributed by atoms with Gasteiger partial charge in [-0.1, -0.05) is 10.3 Å². The molecule has 1 amide bonds. The molecule has 1 rings (SSSR count). The number of carbonyl (C=O) groups excluding carboxylic acids is 1. The highest BCUT2D eigenvalue weighted by Gasteiger charge is 2.08. The quantitative estimate of drug-likeness (QED) is 0.335. The minimum Gasteiger partial charge on any atom is -0.361 e. The summed E-state index contributed by atoms with van der Waals surface area (Å²) < 4.78 is 4.72. The lowest BCUT2D eigenvalue weighted by Gasteiger charge is -1.97. The highest BCUT2D eigenvalue weighted by Crippen LogP contribution is 2.00. The second-order valence-corrected chi connectivity index (χ2v) is 2.53. The molecule has 0 aliphatic heterocycles. The molecule has 1 aromatic heterocycles. The first-order valence-electron chi connectivity index (χ1n) is 3.96. The largest absolute Gasteiger partial charge is 0.361 e. The van der Waals surface area contributed by atoms with Crippen molar-refractivity contribution >= 4 is 5.91 Å². The predicted molar refractivity (Wildman–Crippen MR) is 47.6 cm³/mol. The number of aromatic nitrogens is 1. The van der Waals surface area contributed by atoms with Crippen molar-refractivity contribution in [2.75, 3.05) is 13.1 Å². The lowest BCUT2D eigenvalue weighted by molar-refractivity contribution is 0.0945. The maximum atomic E-state index is 11.3. The summed E-state index contributed by atoms with van der Waals surface area (Å²) in [4.78, 5) is 13.8. The lowest BCUT2D eigenvalue weighted by atomic mass is 10.3. The predicted octanol–water partition coefficient (Wildman–Crippen LogP) is 1.02. The summed E-state index contributed by atoms with van der Waals surface area (Å²) in [6.45, 7) is 2.21. The normalized spacial score (nSPS) is 9.21. The Morgan fingerprint density at radius 3 is 3.21 bits per heavy atom. The fraction of sp³-hybridized carbons (Fsp3) is 0.429. The SMILES string of the molecule is Cc1cc(C(=O)NCCN=[N+]=[N-])no1. The van der Waals surface area contributed by atoms with Gasteiger partial charge in [0.1, 0.15) is 5.76 Å². The summed E-state index contributed by atoms with van der Waals surface area (Å²) in [6, 6.07) is 1.53. The first kappa shape index (κ1) is 10.1. The van der Waals surface area contributed by atoms with E-state index in [0.29, 0.717) is 5.76 Å². The standard InChI is InChI=1S/C7H9N5O2/c1-5-4-6(11-14-5)7(13)9-2-3-10-12-8/h4H,2-3H2,1H3,(H,9,13). The van der Waals surface area contributed by atoms with E-state index in [1.54, 1.807) is 6.92 Å². The minimum absolute atomic E-state index is 0.221. The maximum Gasteiger partial charge on any atom is 0.273 e. The number of nitrogens with zero attached hydrogens (tertiary/aromatic N) is 4. The fourth-order valence-electron chi connectivity index (χ4n) is 0.828. The fourth-order valence-corrected chi connectivity index (χ4v) is 0.828. The van der Waals surface area contributed by atoms with Gasteiger partial charge in [0, 0.05) is 24.1 Å². The molecule has 0 fully saturated rings. The molecule has 0 saturated heterocycles. The summed E-state index contributed by atoms with van der Waals surface area (Å²) in [5.74, 6) is 0.236. The van der Waals surface area contributed by atoms with Crippen molar-refractivity contribution in [2.24, 2.45) is 5.11 Å². The van der Waals surface area contributed by atoms with Crippen LogP contribution in [0.2, 0.25) is 0 Å². The van der Waals surface area contributed by atoms with Crippen LogP contribution in [0.3, 0.4) is 0 Å². The molecule has 0 aliphatic carbocycles. The van der Waals surface area contributed by atoms with Crippen LogP contribution in [0.15, 0.2) is 15.7 Å². The third kappa shape index (κ3) is 2.80. The van der Waals surface area contributed by atoms with Crippen LogP contribution in [-0.4, -0.2) is 24.2 Å². The van der Waals surface area contributed by atoms with Crippen molar-refractivity contribution in [1.29, 1.82) is 0 Å². The van der Waals surface area contributed by atoms with Gasteiger partial charge in [-0.15, -0.1) is 0 Å². The summed E-state index contributed by atoms with van der Waals surface area (Å²) in [6.07, 6.45) is 0. The summed E-state index contributed by atoms with van der Waals surface area (Å²) in [5.41, 5.74) is 8.20. The van der Waals surface area contributed by atoms with E-state index >= 15 is 0 Å². The van der Waals surface area contributed by atoms with Gasteiger partial charge in [-0.3, -0.25) is 4.79 Å². The van der Waals surface area contributed by atoms with Gasteiger partial charge in [0.15, 0.2) is 5.69 Å². The molecular formula is C7H9N5O2. The molecule has 0 radical (unpaired) electrons. The number of aryl methyl sites for hydroxylation is 1. The monoisotopic (exact) mass is 195 g/mol. The molecule has 7 heteroatoms. The van der Waals surface area contributed by atoms with Crippen molar-refractivity contribution in [1.82, 2.24) is 10.5 Å². The van der Waals surface area contributed by atoms with Gasteiger partial charge in [0.2, 0.25) is 0 Å². The smallest absolute Gasteiger partial charge is 0.273 e. The molecule has 0 saturated carbocycles. The van der Waals surface area contributed by atoms with Crippen molar-refractivity contribution < 1.29 is 9.32 Å². The number of rotatable bonds is 4. The molecule has 0 bridgehead atoms. The number of amides is 1. The second kappa shape index (κ2) is 4.88. The van der Waals surface area contributed by atoms with E-state index in [1.165, 1.54) is 6.07 Å². The minimum atomic E-state index is -0.338. The first-order chi connectivity index (χ1) is 6.74. The van der Waals surface area contributed by atoms with Crippen molar-refractivity contribution in [2.45, 2.75) is 6.92 Å². The number of azide groups is 1. The maximum absolute atomic E-state index is 11.3. The molecule has 0 atom stereocenters. The van der Waals surface area contributed by atoms with E-state index in [-0.39, 0.29) is 24.7 Å². The molecule has 1 aromatic rings. The first-order valence-corrected chi connectivity index (χ1v) is 3.96. The van der Waals surface area contributed by atoms with Gasteiger partial charge in [0.05, 0.1) is 0 Å². The molecule has 1 heterocycles. The second-order valence-electron chi connectivity index (χ2n) is 2.53.